The average molecular weight is 349 g/mol. The van der Waals surface area contributed by atoms with Gasteiger partial charge in [0.1, 0.15) is 0 Å². The van der Waals surface area contributed by atoms with E-state index in [1.165, 1.54) is 29.8 Å². The van der Waals surface area contributed by atoms with E-state index < -0.39 is 0 Å². The number of nitrogens with zero attached hydrogens (tertiary/aromatic N) is 4. The molecule has 0 bridgehead atoms. The molecular formula is C15H20N6S2. The molecule has 0 aliphatic carbocycles. The lowest BCUT2D eigenvalue weighted by Gasteiger charge is -2.32. The van der Waals surface area contributed by atoms with Crippen molar-refractivity contribution in [2.45, 2.75) is 34.3 Å². The zero-order valence-electron chi connectivity index (χ0n) is 12.8. The first-order valence-electron chi connectivity index (χ1n) is 8.05. The van der Waals surface area contributed by atoms with Crippen LogP contribution >= 0.6 is 24.4 Å². The Labute approximate surface area is 145 Å². The van der Waals surface area contributed by atoms with Gasteiger partial charge in [0.25, 0.3) is 0 Å². The number of thioether (sulfide) groups is 1. The van der Waals surface area contributed by atoms with Gasteiger partial charge >= 0.3 is 0 Å². The Morgan fingerprint density at radius 2 is 2.00 bits per heavy atom. The summed E-state index contributed by atoms with van der Waals surface area (Å²) >= 11 is 6.73. The number of nitrogens with one attached hydrogen (secondary N) is 2. The lowest BCUT2D eigenvalue weighted by atomic mass is 10.1. The van der Waals surface area contributed by atoms with E-state index in [-0.39, 0.29) is 0 Å². The van der Waals surface area contributed by atoms with E-state index in [0.29, 0.717) is 11.1 Å². The molecular weight excluding hydrogens is 328 g/mol. The van der Waals surface area contributed by atoms with E-state index in [0.717, 1.165) is 36.6 Å². The van der Waals surface area contributed by atoms with Crippen molar-refractivity contribution >= 4 is 30.1 Å². The minimum Gasteiger partial charge on any atom is -0.371 e. The zero-order valence-corrected chi connectivity index (χ0v) is 14.5. The fourth-order valence-corrected chi connectivity index (χ4v) is 4.65. The quantitative estimate of drug-likeness (QED) is 0.736. The average Bonchev–Trinajstić information content (AvgIpc) is 3.06. The summed E-state index contributed by atoms with van der Waals surface area (Å²) in [5.74, 6) is 0.699. The molecule has 2 saturated heterocycles. The summed E-state index contributed by atoms with van der Waals surface area (Å²) in [5.41, 5.74) is 2.21. The molecule has 1 aromatic carbocycles. The van der Waals surface area contributed by atoms with Crippen LogP contribution in [-0.2, 0) is 0 Å². The number of tetrazole rings is 1. The monoisotopic (exact) mass is 348 g/mol. The number of aromatic nitrogens is 4. The Kier molecular flexibility index (Phi) is 4.46. The molecule has 2 fully saturated rings. The number of piperidine rings is 1. The van der Waals surface area contributed by atoms with Gasteiger partial charge < -0.3 is 10.2 Å². The molecule has 0 radical (unpaired) electrons. The van der Waals surface area contributed by atoms with Crippen LogP contribution in [0.4, 0.5) is 5.69 Å². The zero-order chi connectivity index (χ0) is 15.6. The molecule has 23 heavy (non-hydrogen) atoms. The van der Waals surface area contributed by atoms with Gasteiger partial charge in [-0.05, 0) is 41.8 Å². The second kappa shape index (κ2) is 6.70. The Morgan fingerprint density at radius 1 is 1.17 bits per heavy atom. The number of thiol groups is 1. The SMILES string of the molecule is Sc1c(SC2CNC2)ccc(N2CCCCC2)c1-c1nnn[nH]1. The third-order valence-electron chi connectivity index (χ3n) is 4.44. The maximum atomic E-state index is 4.84. The third-order valence-corrected chi connectivity index (χ3v) is 6.31. The molecule has 8 heteroatoms. The first-order valence-corrected chi connectivity index (χ1v) is 9.38. The molecule has 122 valence electrons. The fraction of sp³-hybridized carbons (Fsp3) is 0.533. The van der Waals surface area contributed by atoms with Crippen molar-refractivity contribution in [3.63, 3.8) is 0 Å². The molecule has 2 N–H and O–H groups in total. The fourth-order valence-electron chi connectivity index (χ4n) is 3.08. The highest BCUT2D eigenvalue weighted by molar-refractivity contribution is 8.00. The highest BCUT2D eigenvalue weighted by atomic mass is 32.2. The number of hydrogen-bond donors (Lipinski definition) is 3. The van der Waals surface area contributed by atoms with Crippen LogP contribution in [0.25, 0.3) is 11.4 Å². The van der Waals surface area contributed by atoms with Crippen molar-refractivity contribution in [2.24, 2.45) is 0 Å². The number of benzene rings is 1. The van der Waals surface area contributed by atoms with Crippen LogP contribution in [0.2, 0.25) is 0 Å². The highest BCUT2D eigenvalue weighted by Crippen LogP contribution is 2.42. The molecule has 1 aromatic heterocycles. The standard InChI is InChI=1S/C15H20N6S2/c22-14-12(23-10-8-16-9-10)5-4-11(21-6-2-1-3-7-21)13(14)15-17-19-20-18-15/h4-5,10,16,22H,1-3,6-9H2,(H,17,18,19,20). The number of hydrogen-bond acceptors (Lipinski definition) is 7. The van der Waals surface area contributed by atoms with Gasteiger partial charge in [0, 0.05) is 46.9 Å². The second-order valence-corrected chi connectivity index (χ2v) is 7.79. The van der Waals surface area contributed by atoms with Gasteiger partial charge in [-0.2, -0.15) is 0 Å². The first-order chi connectivity index (χ1) is 11.3. The smallest absolute Gasteiger partial charge is 0.182 e. The molecule has 4 rings (SSSR count). The first kappa shape index (κ1) is 15.3. The minimum absolute atomic E-state index is 0.627. The maximum Gasteiger partial charge on any atom is 0.182 e. The van der Waals surface area contributed by atoms with E-state index in [2.05, 4.69) is 43.0 Å². The topological polar surface area (TPSA) is 69.7 Å². The molecule has 6 nitrogen and oxygen atoms in total. The predicted octanol–water partition coefficient (Wildman–Crippen LogP) is 2.21. The number of anilines is 1. The van der Waals surface area contributed by atoms with Gasteiger partial charge in [-0.1, -0.05) is 0 Å². The van der Waals surface area contributed by atoms with Crippen LogP contribution in [0.1, 0.15) is 19.3 Å². The van der Waals surface area contributed by atoms with E-state index in [9.17, 15) is 0 Å². The van der Waals surface area contributed by atoms with Crippen LogP contribution in [0.15, 0.2) is 21.9 Å². The van der Waals surface area contributed by atoms with Crippen molar-refractivity contribution in [2.75, 3.05) is 31.1 Å². The van der Waals surface area contributed by atoms with Crippen LogP contribution in [0.5, 0.6) is 0 Å². The molecule has 2 aromatic rings. The Morgan fingerprint density at radius 3 is 2.65 bits per heavy atom. The number of H-pyrrole nitrogens is 1. The molecule has 0 amide bonds. The molecule has 2 aliphatic heterocycles. The Balaban J connectivity index is 1.74. The van der Waals surface area contributed by atoms with Gasteiger partial charge in [0.15, 0.2) is 5.82 Å². The van der Waals surface area contributed by atoms with Crippen LogP contribution < -0.4 is 10.2 Å². The predicted molar refractivity (Wildman–Crippen MR) is 95.4 cm³/mol. The lowest BCUT2D eigenvalue weighted by molar-refractivity contribution is 0.543. The van der Waals surface area contributed by atoms with Crippen LogP contribution in [-0.4, -0.2) is 52.1 Å². The van der Waals surface area contributed by atoms with E-state index in [1.807, 2.05) is 11.8 Å². The van der Waals surface area contributed by atoms with Crippen molar-refractivity contribution < 1.29 is 0 Å². The van der Waals surface area contributed by atoms with E-state index >= 15 is 0 Å². The molecule has 3 heterocycles. The molecule has 0 saturated carbocycles. The van der Waals surface area contributed by atoms with Crippen LogP contribution in [0.3, 0.4) is 0 Å². The lowest BCUT2D eigenvalue weighted by Crippen LogP contribution is -2.44. The Hall–Kier alpha value is -1.25. The summed E-state index contributed by atoms with van der Waals surface area (Å²) < 4.78 is 0. The largest absolute Gasteiger partial charge is 0.371 e. The number of aromatic amines is 1. The van der Waals surface area contributed by atoms with Crippen molar-refractivity contribution in [3.8, 4) is 11.4 Å². The second-order valence-electron chi connectivity index (χ2n) is 6.00. The third kappa shape index (κ3) is 3.07. The number of rotatable bonds is 4. The maximum absolute atomic E-state index is 4.84. The van der Waals surface area contributed by atoms with Gasteiger partial charge in [0.05, 0.1) is 5.56 Å². The molecule has 0 unspecified atom stereocenters. The molecule has 0 atom stereocenters. The van der Waals surface area contributed by atoms with Crippen molar-refractivity contribution in [1.82, 2.24) is 25.9 Å². The summed E-state index contributed by atoms with van der Waals surface area (Å²) in [4.78, 5) is 4.61. The highest BCUT2D eigenvalue weighted by Gasteiger charge is 2.24. The van der Waals surface area contributed by atoms with Gasteiger partial charge in [-0.25, -0.2) is 5.10 Å². The van der Waals surface area contributed by atoms with E-state index in [4.69, 9.17) is 12.6 Å². The summed E-state index contributed by atoms with van der Waals surface area (Å²) in [7, 11) is 0. The van der Waals surface area contributed by atoms with E-state index in [1.54, 1.807) is 0 Å². The van der Waals surface area contributed by atoms with Crippen molar-refractivity contribution in [3.05, 3.63) is 12.1 Å². The molecule has 2 aliphatic rings. The molecule has 0 spiro atoms. The van der Waals surface area contributed by atoms with Gasteiger partial charge in [0.2, 0.25) is 0 Å². The summed E-state index contributed by atoms with van der Waals surface area (Å²) in [6, 6.07) is 4.40. The van der Waals surface area contributed by atoms with Crippen LogP contribution in [0, 0.1) is 0 Å². The van der Waals surface area contributed by atoms with Gasteiger partial charge in [-0.15, -0.1) is 29.5 Å². The Bertz CT molecular complexity index is 665. The summed E-state index contributed by atoms with van der Waals surface area (Å²) in [6.45, 7) is 4.29. The minimum atomic E-state index is 0.627. The summed E-state index contributed by atoms with van der Waals surface area (Å²) in [5, 5.41) is 18.5. The normalized spacial score (nSPS) is 18.9. The van der Waals surface area contributed by atoms with Gasteiger partial charge in [-0.3, -0.25) is 0 Å². The summed E-state index contributed by atoms with van der Waals surface area (Å²) in [6.07, 6.45) is 3.78. The van der Waals surface area contributed by atoms with Crippen molar-refractivity contribution in [1.29, 1.82) is 0 Å².